The van der Waals surface area contributed by atoms with Crippen molar-refractivity contribution in [3.8, 4) is 17.1 Å². The van der Waals surface area contributed by atoms with E-state index >= 15 is 0 Å². The number of esters is 1. The molecule has 0 N–H and O–H groups in total. The Labute approximate surface area is 170 Å². The molecule has 0 saturated carbocycles. The van der Waals surface area contributed by atoms with E-state index in [1.807, 2.05) is 36.4 Å². The van der Waals surface area contributed by atoms with Crippen LogP contribution < -0.4 is 4.74 Å². The van der Waals surface area contributed by atoms with E-state index in [1.54, 1.807) is 29.8 Å². The molecular weight excluding hydrogens is 396 g/mol. The molecule has 3 heterocycles. The van der Waals surface area contributed by atoms with Gasteiger partial charge in [-0.3, -0.25) is 4.40 Å². The van der Waals surface area contributed by atoms with Gasteiger partial charge in [0.2, 0.25) is 5.82 Å². The number of rotatable bonds is 6. The maximum absolute atomic E-state index is 12.0. The summed E-state index contributed by atoms with van der Waals surface area (Å²) in [7, 11) is 1.58. The third-order valence-corrected chi connectivity index (χ3v) is 4.31. The van der Waals surface area contributed by atoms with Crippen molar-refractivity contribution in [1.82, 2.24) is 19.5 Å². The number of hydrogen-bond donors (Lipinski definition) is 0. The van der Waals surface area contributed by atoms with E-state index in [2.05, 4.69) is 15.1 Å². The van der Waals surface area contributed by atoms with Gasteiger partial charge < -0.3 is 14.0 Å². The molecule has 4 aromatic rings. The van der Waals surface area contributed by atoms with Crippen LogP contribution in [-0.2, 0) is 16.1 Å². The Morgan fingerprint density at radius 2 is 2.14 bits per heavy atom. The SMILES string of the molecule is COc1cccc(-c2noc(COC(=O)/C=C/c3c(Cl)nc4ccccn34)n2)c1. The molecule has 4 rings (SSSR count). The normalized spacial score (nSPS) is 11.2. The Hall–Kier alpha value is -3.65. The number of pyridine rings is 1. The van der Waals surface area contributed by atoms with Crippen molar-refractivity contribution in [3.63, 3.8) is 0 Å². The van der Waals surface area contributed by atoms with Crippen molar-refractivity contribution < 1.29 is 18.8 Å². The lowest BCUT2D eigenvalue weighted by Gasteiger charge is -2.00. The fraction of sp³-hybridized carbons (Fsp3) is 0.100. The number of imidazole rings is 1. The lowest BCUT2D eigenvalue weighted by molar-refractivity contribution is -0.139. The Bertz CT molecular complexity index is 1200. The van der Waals surface area contributed by atoms with E-state index in [4.69, 9.17) is 25.6 Å². The van der Waals surface area contributed by atoms with E-state index in [0.29, 0.717) is 28.1 Å². The van der Waals surface area contributed by atoms with E-state index in [1.165, 1.54) is 6.08 Å². The second-order valence-electron chi connectivity index (χ2n) is 5.90. The van der Waals surface area contributed by atoms with Crippen LogP contribution in [0.5, 0.6) is 5.75 Å². The number of benzene rings is 1. The van der Waals surface area contributed by atoms with Gasteiger partial charge in [-0.25, -0.2) is 9.78 Å². The fourth-order valence-corrected chi connectivity index (χ4v) is 2.90. The maximum Gasteiger partial charge on any atom is 0.331 e. The van der Waals surface area contributed by atoms with E-state index in [-0.39, 0.29) is 12.5 Å². The van der Waals surface area contributed by atoms with Crippen LogP contribution in [-0.4, -0.2) is 32.6 Å². The average Bonchev–Trinajstić information content (AvgIpc) is 3.34. The first-order valence-electron chi connectivity index (χ1n) is 8.58. The zero-order valence-electron chi connectivity index (χ0n) is 15.3. The summed E-state index contributed by atoms with van der Waals surface area (Å²) in [6, 6.07) is 12.8. The van der Waals surface area contributed by atoms with Gasteiger partial charge in [-0.05, 0) is 30.3 Å². The topological polar surface area (TPSA) is 91.8 Å². The minimum atomic E-state index is -0.576. The van der Waals surface area contributed by atoms with Gasteiger partial charge in [0.25, 0.3) is 5.89 Å². The molecule has 9 heteroatoms. The summed E-state index contributed by atoms with van der Waals surface area (Å²) >= 11 is 6.13. The Morgan fingerprint density at radius 3 is 3.00 bits per heavy atom. The first-order chi connectivity index (χ1) is 14.1. The summed E-state index contributed by atoms with van der Waals surface area (Å²) in [6.45, 7) is -0.152. The molecule has 29 heavy (non-hydrogen) atoms. The van der Waals surface area contributed by atoms with Crippen LogP contribution in [0.4, 0.5) is 0 Å². The number of carbonyl (C=O) groups is 1. The molecule has 0 spiro atoms. The van der Waals surface area contributed by atoms with E-state index < -0.39 is 5.97 Å². The number of nitrogens with zero attached hydrogens (tertiary/aromatic N) is 4. The standard InChI is InChI=1S/C20H15ClN4O4/c1-27-14-6-4-5-13(11-14)20-23-17(29-24-20)12-28-18(26)9-8-15-19(21)22-16-7-2-3-10-25(15)16/h2-11H,12H2,1H3/b9-8+. The molecule has 0 aliphatic carbocycles. The quantitative estimate of drug-likeness (QED) is 0.352. The fourth-order valence-electron chi connectivity index (χ4n) is 2.66. The number of ether oxygens (including phenoxy) is 2. The second-order valence-corrected chi connectivity index (χ2v) is 6.26. The highest BCUT2D eigenvalue weighted by molar-refractivity contribution is 6.31. The monoisotopic (exact) mass is 410 g/mol. The highest BCUT2D eigenvalue weighted by atomic mass is 35.5. The second kappa shape index (κ2) is 8.15. The third-order valence-electron chi connectivity index (χ3n) is 4.03. The van der Waals surface area contributed by atoms with Crippen molar-refractivity contribution in [3.05, 3.63) is 71.5 Å². The van der Waals surface area contributed by atoms with Gasteiger partial charge >= 0.3 is 5.97 Å². The molecule has 0 aliphatic rings. The minimum Gasteiger partial charge on any atom is -0.497 e. The Kier molecular flexibility index (Phi) is 5.26. The number of fused-ring (bicyclic) bond motifs is 1. The van der Waals surface area contributed by atoms with Crippen LogP contribution >= 0.6 is 11.6 Å². The summed E-state index contributed by atoms with van der Waals surface area (Å²) in [5.74, 6) is 0.657. The van der Waals surface area contributed by atoms with Gasteiger partial charge in [-0.2, -0.15) is 4.98 Å². The summed E-state index contributed by atoms with van der Waals surface area (Å²) < 4.78 is 17.2. The molecule has 1 aromatic carbocycles. The third kappa shape index (κ3) is 4.12. The van der Waals surface area contributed by atoms with Gasteiger partial charge in [-0.15, -0.1) is 0 Å². The molecular formula is C20H15ClN4O4. The highest BCUT2D eigenvalue weighted by Crippen LogP contribution is 2.21. The van der Waals surface area contributed by atoms with Crippen molar-refractivity contribution in [2.75, 3.05) is 7.11 Å². The van der Waals surface area contributed by atoms with Gasteiger partial charge in [-0.1, -0.05) is 35.0 Å². The molecule has 0 radical (unpaired) electrons. The molecule has 0 unspecified atom stereocenters. The number of aromatic nitrogens is 4. The molecule has 0 saturated heterocycles. The largest absolute Gasteiger partial charge is 0.497 e. The van der Waals surface area contributed by atoms with E-state index in [0.717, 1.165) is 5.56 Å². The summed E-state index contributed by atoms with van der Waals surface area (Å²) in [6.07, 6.45) is 4.61. The number of carbonyl (C=O) groups excluding carboxylic acids is 1. The molecule has 8 nitrogen and oxygen atoms in total. The summed E-state index contributed by atoms with van der Waals surface area (Å²) in [5, 5.41) is 4.18. The van der Waals surface area contributed by atoms with Crippen LogP contribution in [0, 0.1) is 0 Å². The summed E-state index contributed by atoms with van der Waals surface area (Å²) in [4.78, 5) is 20.5. The van der Waals surface area contributed by atoms with Gasteiger partial charge in [0.1, 0.15) is 11.4 Å². The molecule has 0 amide bonds. The van der Waals surface area contributed by atoms with Gasteiger partial charge in [0, 0.05) is 17.8 Å². The molecule has 0 bridgehead atoms. The molecule has 0 aliphatic heterocycles. The lowest BCUT2D eigenvalue weighted by Crippen LogP contribution is -2.01. The smallest absolute Gasteiger partial charge is 0.331 e. The van der Waals surface area contributed by atoms with Crippen molar-refractivity contribution in [1.29, 1.82) is 0 Å². The predicted octanol–water partition coefficient (Wildman–Crippen LogP) is 3.80. The first kappa shape index (κ1) is 18.7. The van der Waals surface area contributed by atoms with Crippen LogP contribution in [0.3, 0.4) is 0 Å². The van der Waals surface area contributed by atoms with Crippen LogP contribution in [0.25, 0.3) is 23.1 Å². The highest BCUT2D eigenvalue weighted by Gasteiger charge is 2.12. The zero-order valence-corrected chi connectivity index (χ0v) is 16.0. The Balaban J connectivity index is 1.40. The molecule has 0 fully saturated rings. The molecule has 3 aromatic heterocycles. The van der Waals surface area contributed by atoms with Crippen LogP contribution in [0.15, 0.2) is 59.3 Å². The van der Waals surface area contributed by atoms with Crippen molar-refractivity contribution in [2.45, 2.75) is 6.61 Å². The van der Waals surface area contributed by atoms with Crippen LogP contribution in [0.2, 0.25) is 5.15 Å². The first-order valence-corrected chi connectivity index (χ1v) is 8.96. The maximum atomic E-state index is 12.0. The predicted molar refractivity (Wildman–Crippen MR) is 105 cm³/mol. The number of methoxy groups -OCH3 is 1. The Morgan fingerprint density at radius 1 is 1.24 bits per heavy atom. The number of hydrogen-bond acceptors (Lipinski definition) is 7. The average molecular weight is 411 g/mol. The zero-order chi connectivity index (χ0) is 20.2. The van der Waals surface area contributed by atoms with E-state index in [9.17, 15) is 4.79 Å². The van der Waals surface area contributed by atoms with Gasteiger partial charge in [0.05, 0.1) is 12.8 Å². The lowest BCUT2D eigenvalue weighted by atomic mass is 10.2. The number of halogens is 1. The molecule has 146 valence electrons. The van der Waals surface area contributed by atoms with Crippen molar-refractivity contribution >= 4 is 29.3 Å². The summed E-state index contributed by atoms with van der Waals surface area (Å²) in [5.41, 5.74) is 1.99. The van der Waals surface area contributed by atoms with Gasteiger partial charge in [0.15, 0.2) is 11.8 Å². The van der Waals surface area contributed by atoms with Crippen LogP contribution in [0.1, 0.15) is 11.6 Å². The minimum absolute atomic E-state index is 0.152. The van der Waals surface area contributed by atoms with Crippen molar-refractivity contribution in [2.24, 2.45) is 0 Å². The molecule has 0 atom stereocenters.